The fourth-order valence-electron chi connectivity index (χ4n) is 3.42. The third kappa shape index (κ3) is 4.55. The van der Waals surface area contributed by atoms with Gasteiger partial charge in [-0.2, -0.15) is 0 Å². The molecule has 1 aliphatic rings. The molecule has 1 heterocycles. The number of phenols is 1. The van der Waals surface area contributed by atoms with Gasteiger partial charge in [-0.3, -0.25) is 9.69 Å². The van der Waals surface area contributed by atoms with Crippen LogP contribution in [0.3, 0.4) is 0 Å². The van der Waals surface area contributed by atoms with Crippen molar-refractivity contribution in [1.29, 1.82) is 0 Å². The Morgan fingerprint density at radius 3 is 2.47 bits per heavy atom. The molecule has 1 amide bonds. The zero-order valence-corrected chi connectivity index (χ0v) is 19.0. The average Bonchev–Trinajstić information content (AvgIpc) is 3.05. The molecular formula is C26H24N2O3S. The molecule has 3 aromatic carbocycles. The summed E-state index contributed by atoms with van der Waals surface area (Å²) < 4.78 is 5.48. The number of aliphatic imine (C=N–C) groups is 1. The first-order valence-corrected chi connectivity index (χ1v) is 11.2. The Hall–Kier alpha value is -3.51. The first-order chi connectivity index (χ1) is 15.5. The van der Waals surface area contributed by atoms with E-state index in [1.165, 1.54) is 11.8 Å². The van der Waals surface area contributed by atoms with Crippen molar-refractivity contribution in [2.24, 2.45) is 4.99 Å². The maximum Gasteiger partial charge on any atom is 0.271 e. The molecule has 0 bridgehead atoms. The summed E-state index contributed by atoms with van der Waals surface area (Å²) in [5.41, 5.74) is 4.20. The van der Waals surface area contributed by atoms with Crippen molar-refractivity contribution in [3.05, 3.63) is 88.3 Å². The molecule has 0 spiro atoms. The lowest BCUT2D eigenvalue weighted by atomic mass is 10.1. The first-order valence-electron chi connectivity index (χ1n) is 10.4. The van der Waals surface area contributed by atoms with Crippen LogP contribution in [0.1, 0.15) is 23.6 Å². The molecule has 3 aromatic rings. The third-order valence-electron chi connectivity index (χ3n) is 4.91. The molecule has 0 radical (unpaired) electrons. The van der Waals surface area contributed by atoms with E-state index in [0.29, 0.717) is 28.0 Å². The van der Waals surface area contributed by atoms with Crippen LogP contribution in [-0.2, 0) is 4.79 Å². The van der Waals surface area contributed by atoms with Crippen LogP contribution in [0.25, 0.3) is 6.08 Å². The molecule has 5 nitrogen and oxygen atoms in total. The maximum absolute atomic E-state index is 13.5. The van der Waals surface area contributed by atoms with Crippen LogP contribution < -0.4 is 9.64 Å². The van der Waals surface area contributed by atoms with Crippen molar-refractivity contribution < 1.29 is 14.6 Å². The van der Waals surface area contributed by atoms with E-state index >= 15 is 0 Å². The number of carbonyl (C=O) groups is 1. The van der Waals surface area contributed by atoms with Crippen molar-refractivity contribution in [3.63, 3.8) is 0 Å². The predicted octanol–water partition coefficient (Wildman–Crippen LogP) is 6.22. The van der Waals surface area contributed by atoms with Gasteiger partial charge in [0.1, 0.15) is 0 Å². The largest absolute Gasteiger partial charge is 0.504 e. The van der Waals surface area contributed by atoms with E-state index in [2.05, 4.69) is 0 Å². The monoisotopic (exact) mass is 444 g/mol. The Kier molecular flexibility index (Phi) is 6.32. The molecular weight excluding hydrogens is 420 g/mol. The number of anilines is 1. The number of thioether (sulfide) groups is 1. The number of rotatable bonds is 5. The van der Waals surface area contributed by atoms with Crippen LogP contribution >= 0.6 is 11.8 Å². The molecule has 1 fully saturated rings. The number of ether oxygens (including phenoxy) is 1. The van der Waals surface area contributed by atoms with Gasteiger partial charge in [0.25, 0.3) is 5.91 Å². The summed E-state index contributed by atoms with van der Waals surface area (Å²) in [4.78, 5) is 20.3. The second kappa shape index (κ2) is 9.32. The number of hydrogen-bond donors (Lipinski definition) is 1. The standard InChI is InChI=1S/C26H24N2O3S/c1-4-31-22-13-7-10-19(24(22)29)16-23-25(30)28(21-12-6-9-18(3)15-21)26(32-23)27-20-11-5-8-17(2)14-20/h5-16,29H,4H2,1-3H3/b23-16+,27-26?. The molecule has 0 aromatic heterocycles. The Morgan fingerprint density at radius 1 is 1.03 bits per heavy atom. The highest BCUT2D eigenvalue weighted by atomic mass is 32.2. The number of para-hydroxylation sites is 1. The number of benzene rings is 3. The summed E-state index contributed by atoms with van der Waals surface area (Å²) in [5, 5.41) is 11.2. The van der Waals surface area contributed by atoms with Gasteiger partial charge >= 0.3 is 0 Å². The summed E-state index contributed by atoms with van der Waals surface area (Å²) in [6, 6.07) is 20.9. The van der Waals surface area contributed by atoms with Gasteiger partial charge in [-0.15, -0.1) is 0 Å². The van der Waals surface area contributed by atoms with Crippen molar-refractivity contribution in [1.82, 2.24) is 0 Å². The van der Waals surface area contributed by atoms with E-state index < -0.39 is 0 Å². The highest BCUT2D eigenvalue weighted by Crippen LogP contribution is 2.39. The van der Waals surface area contributed by atoms with Crippen LogP contribution in [0, 0.1) is 13.8 Å². The van der Waals surface area contributed by atoms with Gasteiger partial charge in [0.15, 0.2) is 16.7 Å². The number of phenolic OH excluding ortho intramolecular Hbond substituents is 1. The molecule has 1 aliphatic heterocycles. The first kappa shape index (κ1) is 21.7. The zero-order valence-electron chi connectivity index (χ0n) is 18.2. The summed E-state index contributed by atoms with van der Waals surface area (Å²) in [6.07, 6.45) is 1.69. The van der Waals surface area contributed by atoms with E-state index in [9.17, 15) is 9.90 Å². The third-order valence-corrected chi connectivity index (χ3v) is 5.88. The van der Waals surface area contributed by atoms with Gasteiger partial charge in [-0.05, 0) is 80.1 Å². The van der Waals surface area contributed by atoms with Gasteiger partial charge in [0.2, 0.25) is 0 Å². The van der Waals surface area contributed by atoms with E-state index in [1.54, 1.807) is 29.2 Å². The maximum atomic E-state index is 13.5. The molecule has 4 rings (SSSR count). The Labute approximate surface area is 192 Å². The number of hydrogen-bond acceptors (Lipinski definition) is 5. The van der Waals surface area contributed by atoms with Crippen LogP contribution in [0.2, 0.25) is 0 Å². The number of aromatic hydroxyl groups is 1. The topological polar surface area (TPSA) is 62.1 Å². The lowest BCUT2D eigenvalue weighted by Crippen LogP contribution is -2.28. The number of carbonyl (C=O) groups excluding carboxylic acids is 1. The number of aryl methyl sites for hydroxylation is 2. The minimum absolute atomic E-state index is 0.0152. The normalized spacial score (nSPS) is 16.2. The summed E-state index contributed by atoms with van der Waals surface area (Å²) >= 11 is 1.29. The molecule has 0 unspecified atom stereocenters. The fourth-order valence-corrected chi connectivity index (χ4v) is 4.41. The van der Waals surface area contributed by atoms with E-state index in [4.69, 9.17) is 9.73 Å². The quantitative estimate of drug-likeness (QED) is 0.475. The smallest absolute Gasteiger partial charge is 0.271 e. The van der Waals surface area contributed by atoms with Crippen LogP contribution in [-0.4, -0.2) is 22.8 Å². The summed E-state index contributed by atoms with van der Waals surface area (Å²) in [6.45, 7) is 6.29. The Morgan fingerprint density at radius 2 is 1.75 bits per heavy atom. The van der Waals surface area contributed by atoms with Crippen LogP contribution in [0.5, 0.6) is 11.5 Å². The molecule has 0 saturated carbocycles. The van der Waals surface area contributed by atoms with Gasteiger partial charge in [-0.1, -0.05) is 36.4 Å². The second-order valence-electron chi connectivity index (χ2n) is 7.45. The van der Waals surface area contributed by atoms with E-state index in [-0.39, 0.29) is 11.7 Å². The molecule has 32 heavy (non-hydrogen) atoms. The van der Waals surface area contributed by atoms with E-state index in [0.717, 1.165) is 22.5 Å². The van der Waals surface area contributed by atoms with Crippen molar-refractivity contribution in [2.75, 3.05) is 11.5 Å². The van der Waals surface area contributed by atoms with Crippen molar-refractivity contribution >= 4 is 40.3 Å². The SMILES string of the molecule is CCOc1cccc(/C=C2/SC(=Nc3cccc(C)c3)N(c3cccc(C)c3)C2=O)c1O. The molecule has 162 valence electrons. The minimum Gasteiger partial charge on any atom is -0.504 e. The minimum atomic E-state index is -0.187. The molecule has 6 heteroatoms. The highest BCUT2D eigenvalue weighted by Gasteiger charge is 2.35. The van der Waals surface area contributed by atoms with Crippen molar-refractivity contribution in [3.8, 4) is 11.5 Å². The Balaban J connectivity index is 1.79. The van der Waals surface area contributed by atoms with Crippen LogP contribution in [0.4, 0.5) is 11.4 Å². The summed E-state index contributed by atoms with van der Waals surface area (Å²) in [7, 11) is 0. The highest BCUT2D eigenvalue weighted by molar-refractivity contribution is 8.19. The number of nitrogens with zero attached hydrogens (tertiary/aromatic N) is 2. The molecule has 0 atom stereocenters. The lowest BCUT2D eigenvalue weighted by molar-refractivity contribution is -0.113. The van der Waals surface area contributed by atoms with E-state index in [1.807, 2.05) is 69.3 Å². The van der Waals surface area contributed by atoms with Gasteiger partial charge in [0.05, 0.1) is 22.9 Å². The zero-order chi connectivity index (χ0) is 22.7. The predicted molar refractivity (Wildman–Crippen MR) is 132 cm³/mol. The average molecular weight is 445 g/mol. The fraction of sp³-hybridized carbons (Fsp3) is 0.154. The van der Waals surface area contributed by atoms with Gasteiger partial charge in [-0.25, -0.2) is 4.99 Å². The van der Waals surface area contributed by atoms with Crippen LogP contribution in [0.15, 0.2) is 76.6 Å². The number of amidine groups is 1. The van der Waals surface area contributed by atoms with Gasteiger partial charge < -0.3 is 9.84 Å². The molecule has 1 saturated heterocycles. The molecule has 1 N–H and O–H groups in total. The van der Waals surface area contributed by atoms with Crippen molar-refractivity contribution in [2.45, 2.75) is 20.8 Å². The Bertz CT molecular complexity index is 1230. The number of amides is 1. The summed E-state index contributed by atoms with van der Waals surface area (Å²) in [5.74, 6) is 0.219. The van der Waals surface area contributed by atoms with Gasteiger partial charge in [0, 0.05) is 5.56 Å². The lowest BCUT2D eigenvalue weighted by Gasteiger charge is -2.16. The molecule has 0 aliphatic carbocycles. The second-order valence-corrected chi connectivity index (χ2v) is 8.46.